The van der Waals surface area contributed by atoms with Gasteiger partial charge in [0.25, 0.3) is 0 Å². The summed E-state index contributed by atoms with van der Waals surface area (Å²) < 4.78 is 0. The van der Waals surface area contributed by atoms with Gasteiger partial charge >= 0.3 is 0 Å². The van der Waals surface area contributed by atoms with E-state index >= 15 is 0 Å². The van der Waals surface area contributed by atoms with Crippen molar-refractivity contribution >= 4 is 0 Å². The maximum absolute atomic E-state index is 10.1. The molecule has 0 spiro atoms. The minimum atomic E-state index is -0.172. The van der Waals surface area contributed by atoms with Crippen molar-refractivity contribution in [1.29, 1.82) is 0 Å². The summed E-state index contributed by atoms with van der Waals surface area (Å²) in [5, 5.41) is 10.1. The fourth-order valence-corrected chi connectivity index (χ4v) is 3.05. The second kappa shape index (κ2) is 7.24. The van der Waals surface area contributed by atoms with Crippen LogP contribution in [-0.4, -0.2) is 11.7 Å². The van der Waals surface area contributed by atoms with Gasteiger partial charge in [-0.2, -0.15) is 0 Å². The lowest BCUT2D eigenvalue weighted by Crippen LogP contribution is -2.31. The van der Waals surface area contributed by atoms with Crippen LogP contribution in [0, 0.1) is 5.41 Å². The molecule has 2 aromatic carbocycles. The van der Waals surface area contributed by atoms with E-state index in [9.17, 15) is 5.11 Å². The van der Waals surface area contributed by atoms with E-state index in [-0.39, 0.29) is 12.0 Å². The summed E-state index contributed by atoms with van der Waals surface area (Å²) in [7, 11) is 0. The first-order valence-electron chi connectivity index (χ1n) is 7.47. The molecule has 0 atom stereocenters. The second-order valence-corrected chi connectivity index (χ2v) is 6.12. The van der Waals surface area contributed by atoms with E-state index in [1.165, 1.54) is 11.1 Å². The van der Waals surface area contributed by atoms with Crippen LogP contribution in [0.1, 0.15) is 24.5 Å². The minimum Gasteiger partial charge on any atom is -0.396 e. The first kappa shape index (κ1) is 15.5. The van der Waals surface area contributed by atoms with Gasteiger partial charge in [-0.3, -0.25) is 0 Å². The molecule has 110 valence electrons. The molecule has 0 amide bonds. The first-order valence-corrected chi connectivity index (χ1v) is 7.47. The van der Waals surface area contributed by atoms with Gasteiger partial charge in [0.15, 0.2) is 0 Å². The molecule has 0 fully saturated rings. The van der Waals surface area contributed by atoms with Crippen LogP contribution in [0.25, 0.3) is 0 Å². The van der Waals surface area contributed by atoms with Gasteiger partial charge in [-0.05, 0) is 37.3 Å². The Hall–Kier alpha value is -1.86. The molecule has 21 heavy (non-hydrogen) atoms. The number of benzene rings is 2. The number of allylic oxidation sites excluding steroid dienone is 1. The Labute approximate surface area is 128 Å². The minimum absolute atomic E-state index is 0.170. The molecule has 0 aliphatic carbocycles. The smallest absolute Gasteiger partial charge is 0.0496 e. The van der Waals surface area contributed by atoms with Crippen molar-refractivity contribution in [3.63, 3.8) is 0 Å². The average Bonchev–Trinajstić information content (AvgIpc) is 2.48. The molecule has 0 aliphatic rings. The second-order valence-electron chi connectivity index (χ2n) is 6.12. The number of aliphatic hydroxyl groups is 1. The van der Waals surface area contributed by atoms with Crippen LogP contribution in [0.4, 0.5) is 0 Å². The van der Waals surface area contributed by atoms with E-state index < -0.39 is 0 Å². The molecular weight excluding hydrogens is 256 g/mol. The predicted molar refractivity (Wildman–Crippen MR) is 89.2 cm³/mol. The Morgan fingerprint density at radius 3 is 1.67 bits per heavy atom. The maximum Gasteiger partial charge on any atom is 0.0496 e. The van der Waals surface area contributed by atoms with Gasteiger partial charge in [-0.15, -0.1) is 6.58 Å². The van der Waals surface area contributed by atoms with E-state index in [2.05, 4.69) is 55.1 Å². The molecule has 1 heteroatoms. The van der Waals surface area contributed by atoms with Crippen molar-refractivity contribution in [3.05, 3.63) is 83.9 Å². The van der Waals surface area contributed by atoms with Gasteiger partial charge in [0.05, 0.1) is 0 Å². The van der Waals surface area contributed by atoms with Crippen LogP contribution in [0.2, 0.25) is 0 Å². The molecule has 0 radical (unpaired) electrons. The fourth-order valence-electron chi connectivity index (χ4n) is 3.05. The van der Waals surface area contributed by atoms with E-state index in [0.29, 0.717) is 0 Å². The summed E-state index contributed by atoms with van der Waals surface area (Å²) in [4.78, 5) is 0. The molecule has 1 nitrogen and oxygen atoms in total. The number of aliphatic hydroxyl groups excluding tert-OH is 1. The van der Waals surface area contributed by atoms with Gasteiger partial charge in [0.2, 0.25) is 0 Å². The molecule has 0 bridgehead atoms. The molecule has 0 aromatic heterocycles. The lowest BCUT2D eigenvalue weighted by atomic mass is 9.73. The van der Waals surface area contributed by atoms with Crippen molar-refractivity contribution < 1.29 is 5.11 Å². The highest BCUT2D eigenvalue weighted by atomic mass is 16.3. The SMILES string of the molecule is C=C(C)CC(CO)(Cc1ccccc1)Cc1ccccc1. The maximum atomic E-state index is 10.1. The van der Waals surface area contributed by atoms with Crippen molar-refractivity contribution in [2.24, 2.45) is 5.41 Å². The molecular formula is C20H24O. The third kappa shape index (κ3) is 4.57. The average molecular weight is 280 g/mol. The van der Waals surface area contributed by atoms with Gasteiger partial charge < -0.3 is 5.11 Å². The van der Waals surface area contributed by atoms with Crippen LogP contribution < -0.4 is 0 Å². The number of hydrogen-bond donors (Lipinski definition) is 1. The Morgan fingerprint density at radius 2 is 1.33 bits per heavy atom. The lowest BCUT2D eigenvalue weighted by molar-refractivity contribution is 0.123. The molecule has 1 N–H and O–H groups in total. The largest absolute Gasteiger partial charge is 0.396 e. The molecule has 0 heterocycles. The summed E-state index contributed by atoms with van der Waals surface area (Å²) in [6.45, 7) is 6.27. The molecule has 0 aliphatic heterocycles. The van der Waals surface area contributed by atoms with Gasteiger partial charge in [0.1, 0.15) is 0 Å². The highest BCUT2D eigenvalue weighted by Crippen LogP contribution is 2.34. The Morgan fingerprint density at radius 1 is 0.905 bits per heavy atom. The van der Waals surface area contributed by atoms with E-state index in [1.54, 1.807) is 0 Å². The third-order valence-electron chi connectivity index (χ3n) is 3.86. The van der Waals surface area contributed by atoms with Crippen molar-refractivity contribution in [1.82, 2.24) is 0 Å². The Bertz CT molecular complexity index is 515. The zero-order valence-electron chi connectivity index (χ0n) is 12.8. The van der Waals surface area contributed by atoms with Crippen molar-refractivity contribution in [2.75, 3.05) is 6.61 Å². The monoisotopic (exact) mass is 280 g/mol. The summed E-state index contributed by atoms with van der Waals surface area (Å²) in [5.74, 6) is 0. The number of hydrogen-bond acceptors (Lipinski definition) is 1. The molecule has 2 aromatic rings. The van der Waals surface area contributed by atoms with Gasteiger partial charge in [-0.1, -0.05) is 66.2 Å². The van der Waals surface area contributed by atoms with E-state index in [4.69, 9.17) is 0 Å². The van der Waals surface area contributed by atoms with Crippen molar-refractivity contribution in [2.45, 2.75) is 26.2 Å². The lowest BCUT2D eigenvalue weighted by Gasteiger charge is -2.33. The standard InChI is InChI=1S/C20H24O/c1-17(2)13-20(16-21,14-18-9-5-3-6-10-18)15-19-11-7-4-8-12-19/h3-12,21H,1,13-16H2,2H3. The highest BCUT2D eigenvalue weighted by molar-refractivity contribution is 5.22. The van der Waals surface area contributed by atoms with Gasteiger partial charge in [-0.25, -0.2) is 0 Å². The van der Waals surface area contributed by atoms with Crippen LogP contribution in [0.3, 0.4) is 0 Å². The Kier molecular flexibility index (Phi) is 5.35. The summed E-state index contributed by atoms with van der Waals surface area (Å²) in [5.41, 5.74) is 3.48. The van der Waals surface area contributed by atoms with E-state index in [1.807, 2.05) is 19.1 Å². The summed E-state index contributed by atoms with van der Waals surface area (Å²) in [6.07, 6.45) is 2.57. The number of rotatable bonds is 7. The topological polar surface area (TPSA) is 20.2 Å². The quantitative estimate of drug-likeness (QED) is 0.744. The molecule has 0 saturated carbocycles. The molecule has 2 rings (SSSR count). The first-order chi connectivity index (χ1) is 10.1. The highest BCUT2D eigenvalue weighted by Gasteiger charge is 2.30. The zero-order valence-corrected chi connectivity index (χ0v) is 12.8. The summed E-state index contributed by atoms with van der Waals surface area (Å²) in [6, 6.07) is 20.8. The summed E-state index contributed by atoms with van der Waals surface area (Å²) >= 11 is 0. The van der Waals surface area contributed by atoms with Crippen LogP contribution in [0.15, 0.2) is 72.8 Å². The third-order valence-corrected chi connectivity index (χ3v) is 3.86. The van der Waals surface area contributed by atoms with Crippen LogP contribution >= 0.6 is 0 Å². The normalized spacial score (nSPS) is 11.3. The molecule has 0 saturated heterocycles. The zero-order chi connectivity index (χ0) is 15.1. The van der Waals surface area contributed by atoms with Gasteiger partial charge in [0, 0.05) is 12.0 Å². The van der Waals surface area contributed by atoms with E-state index in [0.717, 1.165) is 24.8 Å². The van der Waals surface area contributed by atoms with Crippen molar-refractivity contribution in [3.8, 4) is 0 Å². The van der Waals surface area contributed by atoms with Crippen LogP contribution in [-0.2, 0) is 12.8 Å². The molecule has 0 unspecified atom stereocenters. The predicted octanol–water partition coefficient (Wildman–Crippen LogP) is 4.42. The van der Waals surface area contributed by atoms with Crippen LogP contribution in [0.5, 0.6) is 0 Å². The fraction of sp³-hybridized carbons (Fsp3) is 0.300. The Balaban J connectivity index is 2.26.